The molecule has 0 aliphatic rings. The molecule has 5 heteroatoms. The Labute approximate surface area is 124 Å². The fraction of sp³-hybridized carbons (Fsp3) is 0.462. The van der Waals surface area contributed by atoms with E-state index in [0.29, 0.717) is 18.0 Å². The van der Waals surface area contributed by atoms with Gasteiger partial charge in [-0.1, -0.05) is 35.3 Å². The van der Waals surface area contributed by atoms with Gasteiger partial charge in [0.15, 0.2) is 0 Å². The summed E-state index contributed by atoms with van der Waals surface area (Å²) in [5.74, 6) is -0.217. The summed E-state index contributed by atoms with van der Waals surface area (Å²) in [7, 11) is 0. The molecule has 1 unspecified atom stereocenters. The zero-order valence-electron chi connectivity index (χ0n) is 10.2. The van der Waals surface area contributed by atoms with Gasteiger partial charge in [-0.3, -0.25) is 4.79 Å². The first kappa shape index (κ1) is 15.6. The van der Waals surface area contributed by atoms with Crippen molar-refractivity contribution in [3.05, 3.63) is 34.1 Å². The molecule has 0 aliphatic heterocycles. The van der Waals surface area contributed by atoms with Gasteiger partial charge in [0, 0.05) is 11.9 Å². The lowest BCUT2D eigenvalue weighted by molar-refractivity contribution is 0.0945. The summed E-state index contributed by atoms with van der Waals surface area (Å²) in [6.07, 6.45) is 2.03. The Morgan fingerprint density at radius 1 is 1.50 bits per heavy atom. The zero-order chi connectivity index (χ0) is 13.5. The van der Waals surface area contributed by atoms with Crippen molar-refractivity contribution in [3.63, 3.8) is 0 Å². The van der Waals surface area contributed by atoms with Crippen molar-refractivity contribution in [1.82, 2.24) is 5.32 Å². The second kappa shape index (κ2) is 7.89. The van der Waals surface area contributed by atoms with E-state index in [4.69, 9.17) is 0 Å². The number of carbonyl (C=O) groups is 1. The van der Waals surface area contributed by atoms with E-state index in [9.17, 15) is 9.18 Å². The normalized spacial score (nSPS) is 12.2. The summed E-state index contributed by atoms with van der Waals surface area (Å²) in [6.45, 7) is 2.71. The Morgan fingerprint density at radius 2 is 2.22 bits per heavy atom. The summed E-state index contributed by atoms with van der Waals surface area (Å²) in [6, 6.07) is 4.46. The van der Waals surface area contributed by atoms with Crippen molar-refractivity contribution >= 4 is 37.8 Å². The lowest BCUT2D eigenvalue weighted by atomic mass is 10.0. The zero-order valence-corrected chi connectivity index (χ0v) is 13.4. The minimum Gasteiger partial charge on any atom is -0.352 e. The number of nitrogens with one attached hydrogen (secondary N) is 1. The molecular weight excluding hydrogens is 365 g/mol. The van der Waals surface area contributed by atoms with Crippen molar-refractivity contribution in [2.24, 2.45) is 5.92 Å². The number of hydrogen-bond donors (Lipinski definition) is 1. The fourth-order valence-electron chi connectivity index (χ4n) is 1.62. The predicted molar refractivity (Wildman–Crippen MR) is 78.6 cm³/mol. The van der Waals surface area contributed by atoms with Crippen molar-refractivity contribution in [1.29, 1.82) is 0 Å². The van der Waals surface area contributed by atoms with Crippen LogP contribution >= 0.6 is 31.9 Å². The number of carbonyl (C=O) groups excluding carboxylic acids is 1. The van der Waals surface area contributed by atoms with Gasteiger partial charge in [-0.15, -0.1) is 0 Å². The predicted octanol–water partition coefficient (Wildman–Crippen LogP) is 4.13. The highest BCUT2D eigenvalue weighted by Crippen LogP contribution is 2.20. The van der Waals surface area contributed by atoms with Crippen molar-refractivity contribution in [2.75, 3.05) is 11.9 Å². The molecule has 0 heterocycles. The molecule has 0 bridgehead atoms. The Balaban J connectivity index is 2.62. The van der Waals surface area contributed by atoms with Crippen molar-refractivity contribution < 1.29 is 9.18 Å². The molecule has 1 amide bonds. The highest BCUT2D eigenvalue weighted by Gasteiger charge is 2.14. The minimum atomic E-state index is -0.421. The number of halogens is 3. The van der Waals surface area contributed by atoms with E-state index in [1.54, 1.807) is 6.07 Å². The third-order valence-electron chi connectivity index (χ3n) is 2.84. The molecule has 0 saturated carbocycles. The van der Waals surface area contributed by atoms with Gasteiger partial charge in [0.25, 0.3) is 5.91 Å². The van der Waals surface area contributed by atoms with Crippen LogP contribution in [0.25, 0.3) is 0 Å². The van der Waals surface area contributed by atoms with Crippen molar-refractivity contribution in [3.8, 4) is 0 Å². The van der Waals surface area contributed by atoms with Crippen LogP contribution in [-0.4, -0.2) is 17.8 Å². The van der Waals surface area contributed by atoms with E-state index in [1.165, 1.54) is 12.1 Å². The average Bonchev–Trinajstić information content (AvgIpc) is 2.37. The number of rotatable bonds is 6. The second-order valence-corrected chi connectivity index (χ2v) is 5.65. The average molecular weight is 381 g/mol. The molecule has 0 fully saturated rings. The van der Waals surface area contributed by atoms with E-state index >= 15 is 0 Å². The second-order valence-electron chi connectivity index (χ2n) is 4.06. The van der Waals surface area contributed by atoms with Gasteiger partial charge in [0.05, 0.1) is 10.0 Å². The number of amides is 1. The maximum Gasteiger partial charge on any atom is 0.252 e. The van der Waals surface area contributed by atoms with Crippen LogP contribution in [0.3, 0.4) is 0 Å². The van der Waals surface area contributed by atoms with Gasteiger partial charge in [-0.05, 0) is 40.4 Å². The van der Waals surface area contributed by atoms with Crippen LogP contribution in [-0.2, 0) is 0 Å². The molecule has 0 aromatic heterocycles. The molecule has 0 saturated heterocycles. The standard InChI is InChI=1S/C13H16Br2FNO/c1-2-9(6-7-14)8-17-13(18)10-4-3-5-11(16)12(10)15/h3-5,9H,2,6-8H2,1H3,(H,17,18). The molecule has 0 aliphatic carbocycles. The molecule has 1 atom stereocenters. The monoisotopic (exact) mass is 379 g/mol. The van der Waals surface area contributed by atoms with Crippen LogP contribution in [0.5, 0.6) is 0 Å². The quantitative estimate of drug-likeness (QED) is 0.738. The Bertz CT molecular complexity index is 412. The van der Waals surface area contributed by atoms with Crippen LogP contribution in [0.15, 0.2) is 22.7 Å². The summed E-state index contributed by atoms with van der Waals surface area (Å²) in [5, 5.41) is 3.77. The highest BCUT2D eigenvalue weighted by molar-refractivity contribution is 9.10. The third-order valence-corrected chi connectivity index (χ3v) is 4.11. The van der Waals surface area contributed by atoms with Gasteiger partial charge in [0.1, 0.15) is 5.82 Å². The maximum atomic E-state index is 13.3. The highest BCUT2D eigenvalue weighted by atomic mass is 79.9. The van der Waals surface area contributed by atoms with Gasteiger partial charge < -0.3 is 5.32 Å². The number of hydrogen-bond acceptors (Lipinski definition) is 1. The SMILES string of the molecule is CCC(CCBr)CNC(=O)c1cccc(F)c1Br. The molecule has 100 valence electrons. The fourth-order valence-corrected chi connectivity index (χ4v) is 2.71. The first-order valence-corrected chi connectivity index (χ1v) is 7.79. The Morgan fingerprint density at radius 3 is 2.83 bits per heavy atom. The van der Waals surface area contributed by atoms with Gasteiger partial charge in [-0.2, -0.15) is 0 Å². The van der Waals surface area contributed by atoms with E-state index in [-0.39, 0.29) is 10.4 Å². The maximum absolute atomic E-state index is 13.3. The van der Waals surface area contributed by atoms with Crippen LogP contribution < -0.4 is 5.32 Å². The van der Waals surface area contributed by atoms with Gasteiger partial charge in [0.2, 0.25) is 0 Å². The summed E-state index contributed by atoms with van der Waals surface area (Å²) in [5.41, 5.74) is 0.337. The molecule has 1 rings (SSSR count). The minimum absolute atomic E-state index is 0.219. The Kier molecular flexibility index (Phi) is 6.86. The first-order chi connectivity index (χ1) is 8.60. The summed E-state index contributed by atoms with van der Waals surface area (Å²) < 4.78 is 13.5. The van der Waals surface area contributed by atoms with Crippen LogP contribution in [0, 0.1) is 11.7 Å². The van der Waals surface area contributed by atoms with Crippen LogP contribution in [0.4, 0.5) is 4.39 Å². The van der Waals surface area contributed by atoms with Crippen LogP contribution in [0.1, 0.15) is 30.1 Å². The molecule has 0 spiro atoms. The summed E-state index contributed by atoms with van der Waals surface area (Å²) in [4.78, 5) is 11.9. The summed E-state index contributed by atoms with van der Waals surface area (Å²) >= 11 is 6.49. The lowest BCUT2D eigenvalue weighted by Crippen LogP contribution is -2.29. The van der Waals surface area contributed by atoms with Gasteiger partial charge in [-0.25, -0.2) is 4.39 Å². The van der Waals surface area contributed by atoms with E-state index < -0.39 is 5.82 Å². The van der Waals surface area contributed by atoms with Crippen LogP contribution in [0.2, 0.25) is 0 Å². The molecular formula is C13H16Br2FNO. The molecule has 18 heavy (non-hydrogen) atoms. The first-order valence-electron chi connectivity index (χ1n) is 5.88. The van der Waals surface area contributed by atoms with E-state index in [2.05, 4.69) is 44.1 Å². The molecule has 1 N–H and O–H groups in total. The third kappa shape index (κ3) is 4.35. The number of alkyl halides is 1. The Hall–Kier alpha value is -0.420. The number of benzene rings is 1. The largest absolute Gasteiger partial charge is 0.352 e. The topological polar surface area (TPSA) is 29.1 Å². The molecule has 1 aromatic carbocycles. The van der Waals surface area contributed by atoms with E-state index in [0.717, 1.165) is 18.2 Å². The van der Waals surface area contributed by atoms with E-state index in [1.807, 2.05) is 0 Å². The lowest BCUT2D eigenvalue weighted by Gasteiger charge is -2.14. The smallest absolute Gasteiger partial charge is 0.252 e. The molecule has 1 aromatic rings. The van der Waals surface area contributed by atoms with Gasteiger partial charge >= 0.3 is 0 Å². The molecule has 0 radical (unpaired) electrons. The van der Waals surface area contributed by atoms with Crippen molar-refractivity contribution in [2.45, 2.75) is 19.8 Å². The molecule has 2 nitrogen and oxygen atoms in total.